The average molecular weight is 317 g/mol. The molecule has 1 aromatic carbocycles. The number of carbonyl (C=O) groups excluding carboxylic acids is 1. The molecule has 2 aromatic rings. The number of hydrogen-bond acceptors (Lipinski definition) is 3. The van der Waals surface area contributed by atoms with Gasteiger partial charge in [-0.3, -0.25) is 4.79 Å². The maximum atomic E-state index is 13.6. The fourth-order valence-electron chi connectivity index (χ4n) is 2.63. The summed E-state index contributed by atoms with van der Waals surface area (Å²) in [6.07, 6.45) is 3.43. The lowest BCUT2D eigenvalue weighted by Gasteiger charge is -2.27. The molecule has 4 nitrogen and oxygen atoms in total. The van der Waals surface area contributed by atoms with E-state index in [0.717, 1.165) is 43.9 Å². The summed E-state index contributed by atoms with van der Waals surface area (Å²) in [6.45, 7) is 1.84. The summed E-state index contributed by atoms with van der Waals surface area (Å²) in [7, 11) is 0. The lowest BCUT2D eigenvalue weighted by Crippen LogP contribution is -2.30. The van der Waals surface area contributed by atoms with Gasteiger partial charge in [0.15, 0.2) is 0 Å². The molecule has 1 aromatic heterocycles. The molecule has 0 bridgehead atoms. The molecule has 0 unspecified atom stereocenters. The predicted octanol–water partition coefficient (Wildman–Crippen LogP) is 3.60. The maximum absolute atomic E-state index is 13.6. The molecule has 23 heavy (non-hydrogen) atoms. The van der Waals surface area contributed by atoms with E-state index < -0.39 is 17.5 Å². The van der Waals surface area contributed by atoms with Crippen LogP contribution in [0, 0.1) is 11.6 Å². The van der Waals surface area contributed by atoms with Gasteiger partial charge in [-0.05, 0) is 43.5 Å². The topological polar surface area (TPSA) is 45.2 Å². The molecule has 2 heterocycles. The molecule has 0 radical (unpaired) electrons. The minimum Gasteiger partial charge on any atom is -0.357 e. The van der Waals surface area contributed by atoms with Crippen molar-refractivity contribution in [2.45, 2.75) is 19.3 Å². The molecule has 0 spiro atoms. The lowest BCUT2D eigenvalue weighted by atomic mass is 10.1. The van der Waals surface area contributed by atoms with Crippen molar-refractivity contribution in [2.24, 2.45) is 0 Å². The van der Waals surface area contributed by atoms with Gasteiger partial charge in [0.2, 0.25) is 0 Å². The Morgan fingerprint density at radius 2 is 1.87 bits per heavy atom. The highest BCUT2D eigenvalue weighted by atomic mass is 19.1. The van der Waals surface area contributed by atoms with Crippen molar-refractivity contribution in [2.75, 3.05) is 23.3 Å². The molecule has 1 aliphatic heterocycles. The molecular formula is C17H17F2N3O. The van der Waals surface area contributed by atoms with Gasteiger partial charge in [-0.15, -0.1) is 0 Å². The minimum atomic E-state index is -0.814. The quantitative estimate of drug-likeness (QED) is 0.941. The summed E-state index contributed by atoms with van der Waals surface area (Å²) in [5.74, 6) is -1.28. The van der Waals surface area contributed by atoms with Crippen LogP contribution in [0.2, 0.25) is 0 Å². The number of anilines is 2. The molecular weight excluding hydrogens is 300 g/mol. The third kappa shape index (κ3) is 3.64. The standard InChI is InChI=1S/C17H17F2N3O/c18-12-7-8-14(13(19)11-12)21-17(23)15-5-4-6-16(20-15)22-9-2-1-3-10-22/h4-8,11H,1-3,9-10H2,(H,21,23). The number of halogens is 2. The number of amides is 1. The second-order valence-electron chi connectivity index (χ2n) is 5.51. The zero-order valence-corrected chi connectivity index (χ0v) is 12.6. The predicted molar refractivity (Wildman–Crippen MR) is 84.6 cm³/mol. The summed E-state index contributed by atoms with van der Waals surface area (Å²) in [6, 6.07) is 8.21. The van der Waals surface area contributed by atoms with Crippen LogP contribution in [0.5, 0.6) is 0 Å². The van der Waals surface area contributed by atoms with Crippen LogP contribution in [-0.2, 0) is 0 Å². The van der Waals surface area contributed by atoms with Crippen molar-refractivity contribution in [3.8, 4) is 0 Å². The minimum absolute atomic E-state index is 0.0680. The Kier molecular flexibility index (Phi) is 4.50. The first-order valence-electron chi connectivity index (χ1n) is 7.62. The first kappa shape index (κ1) is 15.4. The number of piperidine rings is 1. The van der Waals surface area contributed by atoms with E-state index in [1.807, 2.05) is 6.07 Å². The van der Waals surface area contributed by atoms with E-state index >= 15 is 0 Å². The highest BCUT2D eigenvalue weighted by Crippen LogP contribution is 2.19. The number of aromatic nitrogens is 1. The van der Waals surface area contributed by atoms with Gasteiger partial charge in [0.1, 0.15) is 23.1 Å². The fraction of sp³-hybridized carbons (Fsp3) is 0.294. The van der Waals surface area contributed by atoms with Crippen molar-refractivity contribution in [1.29, 1.82) is 0 Å². The molecule has 1 fully saturated rings. The van der Waals surface area contributed by atoms with Crippen LogP contribution < -0.4 is 10.2 Å². The van der Waals surface area contributed by atoms with Gasteiger partial charge in [0.05, 0.1) is 5.69 Å². The fourth-order valence-corrected chi connectivity index (χ4v) is 2.63. The van der Waals surface area contributed by atoms with Crippen molar-refractivity contribution in [1.82, 2.24) is 4.98 Å². The summed E-state index contributed by atoms with van der Waals surface area (Å²) in [5, 5.41) is 2.42. The largest absolute Gasteiger partial charge is 0.357 e. The molecule has 0 atom stereocenters. The number of nitrogens with zero attached hydrogens (tertiary/aromatic N) is 2. The molecule has 120 valence electrons. The third-order valence-corrected chi connectivity index (χ3v) is 3.83. The van der Waals surface area contributed by atoms with Gasteiger partial charge in [-0.25, -0.2) is 13.8 Å². The zero-order chi connectivity index (χ0) is 16.2. The van der Waals surface area contributed by atoms with Gasteiger partial charge in [-0.2, -0.15) is 0 Å². The van der Waals surface area contributed by atoms with Crippen molar-refractivity contribution in [3.05, 3.63) is 53.7 Å². The molecule has 1 amide bonds. The molecule has 6 heteroatoms. The van der Waals surface area contributed by atoms with E-state index in [-0.39, 0.29) is 11.4 Å². The number of hydrogen-bond donors (Lipinski definition) is 1. The van der Waals surface area contributed by atoms with Crippen LogP contribution in [0.25, 0.3) is 0 Å². The van der Waals surface area contributed by atoms with E-state index in [4.69, 9.17) is 0 Å². The highest BCUT2D eigenvalue weighted by molar-refractivity contribution is 6.03. The average Bonchev–Trinajstić information content (AvgIpc) is 2.58. The van der Waals surface area contributed by atoms with Gasteiger partial charge in [0, 0.05) is 19.2 Å². The van der Waals surface area contributed by atoms with E-state index in [9.17, 15) is 13.6 Å². The normalized spacial score (nSPS) is 14.6. The Balaban J connectivity index is 1.76. The maximum Gasteiger partial charge on any atom is 0.274 e. The van der Waals surface area contributed by atoms with Crippen LogP contribution >= 0.6 is 0 Å². The first-order valence-corrected chi connectivity index (χ1v) is 7.62. The van der Waals surface area contributed by atoms with Crippen LogP contribution in [0.3, 0.4) is 0 Å². The van der Waals surface area contributed by atoms with Crippen LogP contribution in [-0.4, -0.2) is 24.0 Å². The second kappa shape index (κ2) is 6.73. The van der Waals surface area contributed by atoms with Crippen molar-refractivity contribution < 1.29 is 13.6 Å². The van der Waals surface area contributed by atoms with Gasteiger partial charge < -0.3 is 10.2 Å². The second-order valence-corrected chi connectivity index (χ2v) is 5.51. The number of rotatable bonds is 3. The van der Waals surface area contributed by atoms with Gasteiger partial charge in [-0.1, -0.05) is 6.07 Å². The van der Waals surface area contributed by atoms with Gasteiger partial charge in [0.25, 0.3) is 5.91 Å². The molecule has 1 saturated heterocycles. The van der Waals surface area contributed by atoms with E-state index in [1.165, 1.54) is 12.5 Å². The summed E-state index contributed by atoms with van der Waals surface area (Å²) < 4.78 is 26.5. The third-order valence-electron chi connectivity index (χ3n) is 3.83. The smallest absolute Gasteiger partial charge is 0.274 e. The van der Waals surface area contributed by atoms with Crippen LogP contribution in [0.4, 0.5) is 20.3 Å². The Morgan fingerprint density at radius 3 is 2.61 bits per heavy atom. The monoisotopic (exact) mass is 317 g/mol. The van der Waals surface area contributed by atoms with Crippen molar-refractivity contribution in [3.63, 3.8) is 0 Å². The molecule has 0 aliphatic carbocycles. The Hall–Kier alpha value is -2.50. The van der Waals surface area contributed by atoms with Crippen LogP contribution in [0.1, 0.15) is 29.8 Å². The number of nitrogens with one attached hydrogen (secondary N) is 1. The van der Waals surface area contributed by atoms with E-state index in [0.29, 0.717) is 0 Å². The molecule has 1 N–H and O–H groups in total. The van der Waals surface area contributed by atoms with Crippen LogP contribution in [0.15, 0.2) is 36.4 Å². The molecule has 3 rings (SSSR count). The van der Waals surface area contributed by atoms with Gasteiger partial charge >= 0.3 is 0 Å². The lowest BCUT2D eigenvalue weighted by molar-refractivity contribution is 0.102. The summed E-state index contributed by atoms with van der Waals surface area (Å²) >= 11 is 0. The summed E-state index contributed by atoms with van der Waals surface area (Å²) in [4.78, 5) is 18.7. The first-order chi connectivity index (χ1) is 11.1. The SMILES string of the molecule is O=C(Nc1ccc(F)cc1F)c1cccc(N2CCCCC2)n1. The number of benzene rings is 1. The molecule has 0 saturated carbocycles. The number of carbonyl (C=O) groups is 1. The Morgan fingerprint density at radius 1 is 1.09 bits per heavy atom. The highest BCUT2D eigenvalue weighted by Gasteiger charge is 2.15. The zero-order valence-electron chi connectivity index (χ0n) is 12.6. The van der Waals surface area contributed by atoms with E-state index in [1.54, 1.807) is 12.1 Å². The van der Waals surface area contributed by atoms with E-state index in [2.05, 4.69) is 15.2 Å². The molecule has 1 aliphatic rings. The van der Waals surface area contributed by atoms with Crippen molar-refractivity contribution >= 4 is 17.4 Å². The number of pyridine rings is 1. The summed E-state index contributed by atoms with van der Waals surface area (Å²) in [5.41, 5.74) is 0.137. The Labute approximate surface area is 133 Å². The Bertz CT molecular complexity index is 715.